The zero-order valence-electron chi connectivity index (χ0n) is 17.9. The van der Waals surface area contributed by atoms with Crippen LogP contribution in [-0.2, 0) is 19.1 Å². The maximum atomic E-state index is 12.6. The van der Waals surface area contributed by atoms with Gasteiger partial charge in [0.05, 0.1) is 5.41 Å². The van der Waals surface area contributed by atoms with E-state index in [0.29, 0.717) is 24.7 Å². The fourth-order valence-electron chi connectivity index (χ4n) is 4.82. The molecule has 1 N–H and O–H groups in total. The number of ketones is 1. The molecule has 2 aliphatic heterocycles. The molecular formula is C23H34O5. The highest BCUT2D eigenvalue weighted by atomic mass is 16.7. The Balaban J connectivity index is 2.02. The van der Waals surface area contributed by atoms with Crippen molar-refractivity contribution < 1.29 is 24.2 Å². The largest absolute Gasteiger partial charge is 0.456 e. The first kappa shape index (κ1) is 21.3. The first-order valence-corrected chi connectivity index (χ1v) is 10.4. The van der Waals surface area contributed by atoms with Crippen LogP contribution in [-0.4, -0.2) is 34.9 Å². The molecule has 0 aromatic rings. The molecule has 1 saturated heterocycles. The molecule has 0 aromatic carbocycles. The van der Waals surface area contributed by atoms with Gasteiger partial charge in [0, 0.05) is 0 Å². The van der Waals surface area contributed by atoms with Crippen LogP contribution in [0.4, 0.5) is 0 Å². The molecule has 0 aromatic heterocycles. The zero-order chi connectivity index (χ0) is 20.9. The topological polar surface area (TPSA) is 72.8 Å². The molecule has 2 heterocycles. The molecule has 1 aliphatic carbocycles. The third-order valence-electron chi connectivity index (χ3n) is 6.63. The van der Waals surface area contributed by atoms with E-state index in [1.807, 2.05) is 0 Å². The van der Waals surface area contributed by atoms with Crippen molar-refractivity contribution in [1.82, 2.24) is 0 Å². The Hall–Kier alpha value is -1.46. The van der Waals surface area contributed by atoms with Crippen molar-refractivity contribution in [3.63, 3.8) is 0 Å². The predicted molar refractivity (Wildman–Crippen MR) is 106 cm³/mol. The van der Waals surface area contributed by atoms with Crippen LogP contribution >= 0.6 is 0 Å². The minimum absolute atomic E-state index is 0.134. The van der Waals surface area contributed by atoms with Crippen LogP contribution in [0, 0.1) is 29.1 Å². The second kappa shape index (κ2) is 7.42. The van der Waals surface area contributed by atoms with E-state index >= 15 is 0 Å². The maximum absolute atomic E-state index is 12.6. The van der Waals surface area contributed by atoms with Crippen LogP contribution < -0.4 is 0 Å². The fourth-order valence-corrected chi connectivity index (χ4v) is 4.82. The van der Waals surface area contributed by atoms with Crippen molar-refractivity contribution in [3.8, 4) is 0 Å². The van der Waals surface area contributed by atoms with Gasteiger partial charge in [-0.2, -0.15) is 0 Å². The number of ether oxygens (including phenoxy) is 2. The number of hydrogen-bond donors (Lipinski definition) is 1. The molecule has 1 fully saturated rings. The number of fused-ring (bicyclic) bond motifs is 3. The summed E-state index contributed by atoms with van der Waals surface area (Å²) in [5.74, 6) is -1.01. The van der Waals surface area contributed by atoms with Gasteiger partial charge in [-0.3, -0.25) is 9.59 Å². The van der Waals surface area contributed by atoms with Gasteiger partial charge in [0.1, 0.15) is 6.10 Å². The van der Waals surface area contributed by atoms with Gasteiger partial charge in [0.2, 0.25) is 5.79 Å². The summed E-state index contributed by atoms with van der Waals surface area (Å²) >= 11 is 0. The highest BCUT2D eigenvalue weighted by Crippen LogP contribution is 2.48. The molecule has 0 amide bonds. The number of allylic oxidation sites excluding steroid dienone is 2. The molecule has 0 radical (unpaired) electrons. The average molecular weight is 391 g/mol. The monoisotopic (exact) mass is 390 g/mol. The molecule has 5 heteroatoms. The van der Waals surface area contributed by atoms with E-state index in [1.165, 1.54) is 17.7 Å². The number of aliphatic hydroxyl groups is 1. The molecule has 0 spiro atoms. The number of carbonyl (C=O) groups excluding carboxylic acids is 2. The molecule has 156 valence electrons. The molecule has 5 nitrogen and oxygen atoms in total. The first-order valence-electron chi connectivity index (χ1n) is 10.4. The normalized spacial score (nSPS) is 38.4. The van der Waals surface area contributed by atoms with Gasteiger partial charge in [-0.05, 0) is 82.8 Å². The second-order valence-corrected chi connectivity index (χ2v) is 10.1. The van der Waals surface area contributed by atoms with E-state index in [-0.39, 0.29) is 23.6 Å². The minimum atomic E-state index is -1.76. The number of hydrogen-bond acceptors (Lipinski definition) is 5. The van der Waals surface area contributed by atoms with Crippen molar-refractivity contribution >= 4 is 11.8 Å². The summed E-state index contributed by atoms with van der Waals surface area (Å²) in [5, 5.41) is 11.2. The maximum Gasteiger partial charge on any atom is 0.311 e. The van der Waals surface area contributed by atoms with Gasteiger partial charge in [-0.1, -0.05) is 25.5 Å². The van der Waals surface area contributed by atoms with Gasteiger partial charge in [0.15, 0.2) is 11.9 Å². The van der Waals surface area contributed by atoms with Crippen LogP contribution in [0.1, 0.15) is 60.8 Å². The van der Waals surface area contributed by atoms with Crippen LogP contribution in [0.25, 0.3) is 0 Å². The van der Waals surface area contributed by atoms with E-state index in [1.54, 1.807) is 20.8 Å². The van der Waals surface area contributed by atoms with Crippen LogP contribution in [0.2, 0.25) is 0 Å². The molecule has 28 heavy (non-hydrogen) atoms. The van der Waals surface area contributed by atoms with Gasteiger partial charge in [-0.25, -0.2) is 0 Å². The van der Waals surface area contributed by atoms with Gasteiger partial charge < -0.3 is 14.6 Å². The van der Waals surface area contributed by atoms with Crippen molar-refractivity contribution in [3.05, 3.63) is 23.8 Å². The van der Waals surface area contributed by atoms with Gasteiger partial charge >= 0.3 is 5.97 Å². The molecule has 2 unspecified atom stereocenters. The summed E-state index contributed by atoms with van der Waals surface area (Å²) in [6.45, 7) is 11.9. The summed E-state index contributed by atoms with van der Waals surface area (Å²) in [6.07, 6.45) is 5.51. The van der Waals surface area contributed by atoms with E-state index in [4.69, 9.17) is 9.47 Å². The Kier molecular flexibility index (Phi) is 5.63. The summed E-state index contributed by atoms with van der Waals surface area (Å²) in [5.41, 5.74) is 0.574. The van der Waals surface area contributed by atoms with E-state index < -0.39 is 23.4 Å². The molecular weight excluding hydrogens is 356 g/mol. The fraction of sp³-hybridized carbons (Fsp3) is 0.739. The van der Waals surface area contributed by atoms with Crippen molar-refractivity contribution in [1.29, 1.82) is 0 Å². The number of rotatable bonds is 2. The lowest BCUT2D eigenvalue weighted by atomic mass is 9.63. The standard InChI is InChI=1S/C23H34O5/c1-13(2)15-8-7-14(3)16-11-19-18(24)9-10-23(26,28-19)20(12-17(15)16)27-21(25)22(4,5)6/h7,9-10,13,15-17,19-20,26H,8,11-12H2,1-6H3/t15-,16+,17-,19+,20?,23?/m1/s1. The Morgan fingerprint density at radius 3 is 2.61 bits per heavy atom. The van der Waals surface area contributed by atoms with Gasteiger partial charge in [0.25, 0.3) is 0 Å². The lowest BCUT2D eigenvalue weighted by Gasteiger charge is -2.48. The SMILES string of the molecule is CC1=CC[C@H](C(C)C)[C@H]2CC(OC(=O)C(C)(C)C)C3(O)C=CC(=O)[C@H](C[C@@H]12)O3. The third-order valence-corrected chi connectivity index (χ3v) is 6.63. The quantitative estimate of drug-likeness (QED) is 0.573. The lowest BCUT2D eigenvalue weighted by Crippen LogP contribution is -2.56. The van der Waals surface area contributed by atoms with Crippen molar-refractivity contribution in [2.45, 2.75) is 78.8 Å². The molecule has 2 bridgehead atoms. The summed E-state index contributed by atoms with van der Waals surface area (Å²) in [4.78, 5) is 25.1. The lowest BCUT2D eigenvalue weighted by molar-refractivity contribution is -0.267. The summed E-state index contributed by atoms with van der Waals surface area (Å²) in [6, 6.07) is 0. The Labute approximate surface area is 168 Å². The predicted octanol–water partition coefficient (Wildman–Crippen LogP) is 3.81. The molecule has 3 aliphatic rings. The second-order valence-electron chi connectivity index (χ2n) is 10.1. The van der Waals surface area contributed by atoms with Crippen molar-refractivity contribution in [2.75, 3.05) is 0 Å². The van der Waals surface area contributed by atoms with E-state index in [9.17, 15) is 14.7 Å². The number of esters is 1. The Bertz CT molecular complexity index is 698. The van der Waals surface area contributed by atoms with Crippen LogP contribution in [0.3, 0.4) is 0 Å². The van der Waals surface area contributed by atoms with E-state index in [2.05, 4.69) is 26.8 Å². The Morgan fingerprint density at radius 2 is 2.00 bits per heavy atom. The number of carbonyl (C=O) groups is 2. The average Bonchev–Trinajstić information content (AvgIpc) is 2.58. The van der Waals surface area contributed by atoms with Crippen LogP contribution in [0.15, 0.2) is 23.8 Å². The summed E-state index contributed by atoms with van der Waals surface area (Å²) in [7, 11) is 0. The highest BCUT2D eigenvalue weighted by molar-refractivity contribution is 5.94. The summed E-state index contributed by atoms with van der Waals surface area (Å²) < 4.78 is 11.7. The molecule has 6 atom stereocenters. The molecule has 3 rings (SSSR count). The first-order chi connectivity index (χ1) is 12.9. The highest BCUT2D eigenvalue weighted by Gasteiger charge is 2.51. The smallest absolute Gasteiger partial charge is 0.311 e. The zero-order valence-corrected chi connectivity index (χ0v) is 17.9. The molecule has 0 saturated carbocycles. The minimum Gasteiger partial charge on any atom is -0.456 e. The van der Waals surface area contributed by atoms with Gasteiger partial charge in [-0.15, -0.1) is 0 Å². The van der Waals surface area contributed by atoms with Crippen molar-refractivity contribution in [2.24, 2.45) is 29.1 Å². The Morgan fingerprint density at radius 1 is 1.32 bits per heavy atom. The third kappa shape index (κ3) is 3.97. The van der Waals surface area contributed by atoms with E-state index in [0.717, 1.165) is 6.42 Å². The van der Waals surface area contributed by atoms with Crippen LogP contribution in [0.5, 0.6) is 0 Å².